The lowest BCUT2D eigenvalue weighted by molar-refractivity contribution is -0.149. The fourth-order valence-corrected chi connectivity index (χ4v) is 5.13. The van der Waals surface area contributed by atoms with Crippen LogP contribution in [0.2, 0.25) is 0 Å². The molecule has 8 heteroatoms. The van der Waals surface area contributed by atoms with Crippen LogP contribution in [0, 0.1) is 5.92 Å². The number of aliphatic carboxylic acids is 1. The average Bonchev–Trinajstić information content (AvgIpc) is 3.37. The lowest BCUT2D eigenvalue weighted by atomic mass is 9.90. The highest BCUT2D eigenvalue weighted by Crippen LogP contribution is 2.44. The van der Waals surface area contributed by atoms with Crippen LogP contribution in [0.15, 0.2) is 48.5 Å². The predicted octanol–water partition coefficient (Wildman–Crippen LogP) is 2.62. The molecule has 1 unspecified atom stereocenters. The number of carbonyl (C=O) groups excluding carboxylic acids is 2. The molecule has 33 heavy (non-hydrogen) atoms. The topological polar surface area (TPSA) is 105 Å². The summed E-state index contributed by atoms with van der Waals surface area (Å²) in [7, 11) is 0. The zero-order valence-corrected chi connectivity index (χ0v) is 18.2. The zero-order valence-electron chi connectivity index (χ0n) is 18.2. The van der Waals surface area contributed by atoms with Crippen molar-refractivity contribution in [3.05, 3.63) is 59.7 Å². The van der Waals surface area contributed by atoms with Crippen LogP contribution in [0.5, 0.6) is 0 Å². The van der Waals surface area contributed by atoms with E-state index in [9.17, 15) is 14.4 Å². The van der Waals surface area contributed by atoms with Crippen LogP contribution in [0.4, 0.5) is 4.79 Å². The lowest BCUT2D eigenvalue weighted by Crippen LogP contribution is -2.64. The van der Waals surface area contributed by atoms with Gasteiger partial charge in [0.1, 0.15) is 12.1 Å². The Morgan fingerprint density at radius 1 is 1.06 bits per heavy atom. The standard InChI is InChI=1S/C25H26N2O6/c28-22(29)11-16-12-27(13-16)23(30)25(9-10-32-15-25)26-24(31)33-14-21-19-7-3-1-5-17(19)18-6-2-4-8-20(18)21/h1-8,16,21H,9-15H2,(H,26,31)(H,28,29). The van der Waals surface area contributed by atoms with Gasteiger partial charge in [0.2, 0.25) is 0 Å². The average molecular weight is 450 g/mol. The Morgan fingerprint density at radius 3 is 2.27 bits per heavy atom. The van der Waals surface area contributed by atoms with Crippen LogP contribution >= 0.6 is 0 Å². The molecule has 0 aromatic heterocycles. The van der Waals surface area contributed by atoms with Crippen molar-refractivity contribution in [1.29, 1.82) is 0 Å². The van der Waals surface area contributed by atoms with Crippen molar-refractivity contribution in [2.24, 2.45) is 5.92 Å². The molecule has 172 valence electrons. The number of hydrogen-bond acceptors (Lipinski definition) is 5. The summed E-state index contributed by atoms with van der Waals surface area (Å²) in [6.07, 6.45) is -0.262. The molecule has 2 aromatic carbocycles. The molecule has 0 saturated carbocycles. The van der Waals surface area contributed by atoms with Gasteiger partial charge in [-0.1, -0.05) is 48.5 Å². The third-order valence-corrected chi connectivity index (χ3v) is 6.82. The second kappa shape index (κ2) is 8.51. The second-order valence-corrected chi connectivity index (χ2v) is 9.01. The first kappa shape index (κ1) is 21.5. The number of fused-ring (bicyclic) bond motifs is 3. The fraction of sp³-hybridized carbons (Fsp3) is 0.400. The maximum Gasteiger partial charge on any atom is 0.408 e. The molecule has 8 nitrogen and oxygen atoms in total. The summed E-state index contributed by atoms with van der Waals surface area (Å²) in [6.45, 7) is 1.35. The maximum atomic E-state index is 13.1. The molecular weight excluding hydrogens is 424 g/mol. The van der Waals surface area contributed by atoms with E-state index in [0.29, 0.717) is 26.1 Å². The first-order valence-electron chi connectivity index (χ1n) is 11.2. The Hall–Kier alpha value is -3.39. The van der Waals surface area contributed by atoms with Gasteiger partial charge in [-0.15, -0.1) is 0 Å². The van der Waals surface area contributed by atoms with Crippen LogP contribution in [-0.2, 0) is 19.1 Å². The summed E-state index contributed by atoms with van der Waals surface area (Å²) in [4.78, 5) is 38.4. The Balaban J connectivity index is 1.24. The Bertz CT molecular complexity index is 1040. The SMILES string of the molecule is O=C(O)CC1CN(C(=O)C2(NC(=O)OCC3c4ccccc4-c4ccccc43)CCOC2)C1. The van der Waals surface area contributed by atoms with Crippen LogP contribution in [0.1, 0.15) is 29.9 Å². The molecule has 2 aromatic rings. The van der Waals surface area contributed by atoms with E-state index in [1.807, 2.05) is 24.3 Å². The van der Waals surface area contributed by atoms with Crippen molar-refractivity contribution >= 4 is 18.0 Å². The van der Waals surface area contributed by atoms with Gasteiger partial charge in [-0.2, -0.15) is 0 Å². The van der Waals surface area contributed by atoms with Gasteiger partial charge in [0.25, 0.3) is 5.91 Å². The van der Waals surface area contributed by atoms with Crippen molar-refractivity contribution in [3.63, 3.8) is 0 Å². The molecule has 1 atom stereocenters. The van der Waals surface area contributed by atoms with Gasteiger partial charge in [-0.25, -0.2) is 4.79 Å². The molecule has 0 bridgehead atoms. The number of carboxylic acid groups (broad SMARTS) is 1. The summed E-state index contributed by atoms with van der Waals surface area (Å²) in [5.41, 5.74) is 3.35. The number of hydrogen-bond donors (Lipinski definition) is 2. The highest BCUT2D eigenvalue weighted by molar-refractivity contribution is 5.91. The van der Waals surface area contributed by atoms with Crippen molar-refractivity contribution in [2.75, 3.05) is 32.9 Å². The Labute approximate surface area is 191 Å². The second-order valence-electron chi connectivity index (χ2n) is 9.01. The minimum absolute atomic E-state index is 0.0348. The third kappa shape index (κ3) is 3.95. The molecular formula is C25H26N2O6. The molecule has 2 heterocycles. The molecule has 3 aliphatic rings. The smallest absolute Gasteiger partial charge is 0.408 e. The zero-order chi connectivity index (χ0) is 23.0. The van der Waals surface area contributed by atoms with E-state index in [1.54, 1.807) is 4.90 Å². The number of rotatable bonds is 6. The maximum absolute atomic E-state index is 13.1. The van der Waals surface area contributed by atoms with Crippen LogP contribution in [0.25, 0.3) is 11.1 Å². The highest BCUT2D eigenvalue weighted by atomic mass is 16.6. The summed E-state index contributed by atoms with van der Waals surface area (Å²) >= 11 is 0. The fourth-order valence-electron chi connectivity index (χ4n) is 5.13. The summed E-state index contributed by atoms with van der Waals surface area (Å²) in [6, 6.07) is 16.2. The van der Waals surface area contributed by atoms with Crippen molar-refractivity contribution in [3.8, 4) is 11.1 Å². The van der Waals surface area contributed by atoms with Gasteiger partial charge in [0.15, 0.2) is 0 Å². The number of nitrogens with zero attached hydrogens (tertiary/aromatic N) is 1. The number of carboxylic acids is 1. The lowest BCUT2D eigenvalue weighted by Gasteiger charge is -2.43. The quantitative estimate of drug-likeness (QED) is 0.701. The van der Waals surface area contributed by atoms with E-state index >= 15 is 0 Å². The van der Waals surface area contributed by atoms with Crippen LogP contribution in [0.3, 0.4) is 0 Å². The highest BCUT2D eigenvalue weighted by Gasteiger charge is 2.49. The van der Waals surface area contributed by atoms with Gasteiger partial charge in [0.05, 0.1) is 13.0 Å². The number of ether oxygens (including phenoxy) is 2. The molecule has 5 rings (SSSR count). The number of benzene rings is 2. The van der Waals surface area contributed by atoms with E-state index in [4.69, 9.17) is 14.6 Å². The largest absolute Gasteiger partial charge is 0.481 e. The Kier molecular flexibility index (Phi) is 5.54. The van der Waals surface area contributed by atoms with Gasteiger partial charge in [0, 0.05) is 38.0 Å². The van der Waals surface area contributed by atoms with Gasteiger partial charge in [-0.3, -0.25) is 9.59 Å². The number of amides is 2. The third-order valence-electron chi connectivity index (χ3n) is 6.82. The molecule has 2 N–H and O–H groups in total. The molecule has 1 aliphatic carbocycles. The molecule has 2 aliphatic heterocycles. The van der Waals surface area contributed by atoms with E-state index < -0.39 is 17.6 Å². The van der Waals surface area contributed by atoms with Crippen LogP contribution < -0.4 is 5.32 Å². The van der Waals surface area contributed by atoms with Gasteiger partial charge < -0.3 is 24.8 Å². The Morgan fingerprint density at radius 2 is 1.70 bits per heavy atom. The number of likely N-dealkylation sites (tertiary alicyclic amines) is 1. The first-order valence-corrected chi connectivity index (χ1v) is 11.2. The van der Waals surface area contributed by atoms with Crippen molar-refractivity contribution in [2.45, 2.75) is 24.3 Å². The number of nitrogens with one attached hydrogen (secondary N) is 1. The number of alkyl carbamates (subject to hydrolysis) is 1. The monoisotopic (exact) mass is 450 g/mol. The predicted molar refractivity (Wildman–Crippen MR) is 119 cm³/mol. The van der Waals surface area contributed by atoms with Crippen LogP contribution in [-0.4, -0.2) is 66.4 Å². The summed E-state index contributed by atoms with van der Waals surface area (Å²) in [5, 5.41) is 11.7. The van der Waals surface area contributed by atoms with Gasteiger partial charge in [-0.05, 0) is 22.3 Å². The minimum atomic E-state index is -1.17. The molecule has 2 amide bonds. The van der Waals surface area contributed by atoms with Crippen molar-refractivity contribution < 1.29 is 29.0 Å². The minimum Gasteiger partial charge on any atom is -0.481 e. The molecule has 2 saturated heterocycles. The molecule has 0 spiro atoms. The normalized spacial score (nSPS) is 21.8. The van der Waals surface area contributed by atoms with Crippen molar-refractivity contribution in [1.82, 2.24) is 10.2 Å². The molecule has 2 fully saturated rings. The van der Waals surface area contributed by atoms with E-state index in [1.165, 1.54) is 0 Å². The van der Waals surface area contributed by atoms with Gasteiger partial charge >= 0.3 is 12.1 Å². The molecule has 0 radical (unpaired) electrons. The van der Waals surface area contributed by atoms with E-state index in [-0.39, 0.29) is 37.4 Å². The summed E-state index contributed by atoms with van der Waals surface area (Å²) < 4.78 is 11.1. The van der Waals surface area contributed by atoms with E-state index in [2.05, 4.69) is 29.6 Å². The summed E-state index contributed by atoms with van der Waals surface area (Å²) in [5.74, 6) is -1.24. The van der Waals surface area contributed by atoms with E-state index in [0.717, 1.165) is 22.3 Å². The number of carbonyl (C=O) groups is 3. The first-order chi connectivity index (χ1) is 16.0.